The third-order valence-corrected chi connectivity index (χ3v) is 6.34. The highest BCUT2D eigenvalue weighted by Crippen LogP contribution is 2.41. The molecule has 41 heavy (non-hydrogen) atoms. The average Bonchev–Trinajstić information content (AvgIpc) is 3.23. The fourth-order valence-corrected chi connectivity index (χ4v) is 4.60. The molecule has 214 valence electrons. The summed E-state index contributed by atoms with van der Waals surface area (Å²) < 4.78 is 10.8. The minimum absolute atomic E-state index is 0.156. The molecule has 0 radical (unpaired) electrons. The van der Waals surface area contributed by atoms with Crippen molar-refractivity contribution in [3.8, 4) is 0 Å². The van der Waals surface area contributed by atoms with E-state index in [0.29, 0.717) is 35.6 Å². The minimum atomic E-state index is -0.710. The zero-order chi connectivity index (χ0) is 29.6. The molecule has 4 rings (SSSR count). The number of carbonyl (C=O) groups excluding carboxylic acids is 3. The number of rotatable bonds is 8. The second-order valence-corrected chi connectivity index (χ2v) is 10.7. The van der Waals surface area contributed by atoms with Gasteiger partial charge in [0.2, 0.25) is 0 Å². The maximum absolute atomic E-state index is 13.8. The van der Waals surface area contributed by atoms with Crippen molar-refractivity contribution in [2.45, 2.75) is 53.2 Å². The van der Waals surface area contributed by atoms with Gasteiger partial charge < -0.3 is 19.7 Å². The van der Waals surface area contributed by atoms with Crippen LogP contribution in [0.25, 0.3) is 11.3 Å². The van der Waals surface area contributed by atoms with Gasteiger partial charge in [-0.1, -0.05) is 67.6 Å². The van der Waals surface area contributed by atoms with Crippen LogP contribution in [-0.2, 0) is 20.8 Å². The fourth-order valence-electron chi connectivity index (χ4n) is 4.60. The Balaban J connectivity index is 1.68. The molecule has 1 aliphatic heterocycles. The molecular formula is C33H37N3O5. The third-order valence-electron chi connectivity index (χ3n) is 6.34. The Morgan fingerprint density at radius 1 is 0.902 bits per heavy atom. The minimum Gasteiger partial charge on any atom is -0.449 e. The molecule has 3 aromatic rings. The van der Waals surface area contributed by atoms with Gasteiger partial charge in [-0.05, 0) is 63.4 Å². The molecule has 0 aliphatic carbocycles. The van der Waals surface area contributed by atoms with Crippen molar-refractivity contribution in [2.75, 3.05) is 23.4 Å². The molecular weight excluding hydrogens is 518 g/mol. The van der Waals surface area contributed by atoms with Crippen LogP contribution in [0.5, 0.6) is 0 Å². The second kappa shape index (κ2) is 12.7. The van der Waals surface area contributed by atoms with E-state index in [2.05, 4.69) is 5.32 Å². The maximum atomic E-state index is 13.8. The maximum Gasteiger partial charge on any atom is 0.421 e. The lowest BCUT2D eigenvalue weighted by molar-refractivity contribution is -0.112. The Kier molecular flexibility index (Phi) is 9.12. The number of benzene rings is 3. The van der Waals surface area contributed by atoms with Crippen LogP contribution in [0.2, 0.25) is 0 Å². The van der Waals surface area contributed by atoms with E-state index in [1.807, 2.05) is 94.4 Å². The topological polar surface area (TPSA) is 88.2 Å². The summed E-state index contributed by atoms with van der Waals surface area (Å²) in [5.74, 6) is -0.458. The smallest absolute Gasteiger partial charge is 0.421 e. The van der Waals surface area contributed by atoms with E-state index in [-0.39, 0.29) is 12.7 Å². The Bertz CT molecular complexity index is 1430. The van der Waals surface area contributed by atoms with Crippen LogP contribution in [0.1, 0.15) is 57.7 Å². The van der Waals surface area contributed by atoms with Gasteiger partial charge in [0.1, 0.15) is 5.60 Å². The molecule has 0 saturated heterocycles. The molecule has 0 spiro atoms. The van der Waals surface area contributed by atoms with Crippen LogP contribution in [0.3, 0.4) is 0 Å². The van der Waals surface area contributed by atoms with Crippen LogP contribution >= 0.6 is 0 Å². The van der Waals surface area contributed by atoms with Gasteiger partial charge in [-0.2, -0.15) is 0 Å². The highest BCUT2D eigenvalue weighted by atomic mass is 16.6. The molecule has 8 heteroatoms. The van der Waals surface area contributed by atoms with Crippen LogP contribution in [0, 0.1) is 0 Å². The third kappa shape index (κ3) is 6.95. The van der Waals surface area contributed by atoms with Crippen LogP contribution < -0.4 is 10.2 Å². The zero-order valence-electron chi connectivity index (χ0n) is 24.3. The summed E-state index contributed by atoms with van der Waals surface area (Å²) in [4.78, 5) is 42.1. The van der Waals surface area contributed by atoms with Gasteiger partial charge in [-0.3, -0.25) is 4.79 Å². The second-order valence-electron chi connectivity index (χ2n) is 10.7. The Morgan fingerprint density at radius 2 is 1.56 bits per heavy atom. The number of carbonyl (C=O) groups is 3. The Labute approximate surface area is 241 Å². The van der Waals surface area contributed by atoms with Gasteiger partial charge in [-0.15, -0.1) is 0 Å². The average molecular weight is 556 g/mol. The van der Waals surface area contributed by atoms with Crippen LogP contribution in [0.4, 0.5) is 21.0 Å². The van der Waals surface area contributed by atoms with Crippen molar-refractivity contribution in [3.63, 3.8) is 0 Å². The van der Waals surface area contributed by atoms with Gasteiger partial charge in [-0.25, -0.2) is 14.5 Å². The van der Waals surface area contributed by atoms with Crippen molar-refractivity contribution < 1.29 is 23.9 Å². The van der Waals surface area contributed by atoms with Crippen molar-refractivity contribution in [3.05, 3.63) is 95.6 Å². The first-order chi connectivity index (χ1) is 19.6. The first-order valence-electron chi connectivity index (χ1n) is 13.9. The van der Waals surface area contributed by atoms with Crippen molar-refractivity contribution in [1.29, 1.82) is 0 Å². The quantitative estimate of drug-likeness (QED) is 0.293. The number of anilines is 2. The van der Waals surface area contributed by atoms with E-state index in [1.54, 1.807) is 24.0 Å². The molecule has 3 aromatic carbocycles. The number of hydrogen-bond acceptors (Lipinski definition) is 6. The molecule has 8 nitrogen and oxygen atoms in total. The summed E-state index contributed by atoms with van der Waals surface area (Å²) in [5, 5.41) is 3.43. The van der Waals surface area contributed by atoms with Crippen molar-refractivity contribution >= 4 is 40.7 Å². The SMILES string of the molecule is CCCN(Cc1ccc(N/C(=C2\C(=O)N(C(=O)OCC)c3ccccc32)c2ccccc2)cc1)C(=O)OC(C)(C)C. The summed E-state index contributed by atoms with van der Waals surface area (Å²) in [7, 11) is 0. The van der Waals surface area contributed by atoms with Crippen LogP contribution in [-0.4, -0.2) is 41.7 Å². The number of nitrogens with zero attached hydrogens (tertiary/aromatic N) is 2. The van der Waals surface area contributed by atoms with E-state index in [0.717, 1.165) is 28.1 Å². The number of amides is 3. The Hall–Kier alpha value is -4.59. The molecule has 0 unspecified atom stereocenters. The van der Waals surface area contributed by atoms with E-state index < -0.39 is 17.6 Å². The normalized spacial score (nSPS) is 13.9. The van der Waals surface area contributed by atoms with E-state index in [9.17, 15) is 14.4 Å². The van der Waals surface area contributed by atoms with Gasteiger partial charge in [0.15, 0.2) is 0 Å². The summed E-state index contributed by atoms with van der Waals surface area (Å²) in [6, 6.07) is 24.4. The molecule has 3 amide bonds. The summed E-state index contributed by atoms with van der Waals surface area (Å²) in [6.45, 7) is 10.4. The highest BCUT2D eigenvalue weighted by Gasteiger charge is 2.39. The van der Waals surface area contributed by atoms with Crippen molar-refractivity contribution in [1.82, 2.24) is 4.90 Å². The molecule has 0 aromatic heterocycles. The first kappa shape index (κ1) is 29.4. The first-order valence-corrected chi connectivity index (χ1v) is 13.9. The number of ether oxygens (including phenoxy) is 2. The largest absolute Gasteiger partial charge is 0.449 e. The number of imide groups is 1. The summed E-state index contributed by atoms with van der Waals surface area (Å²) >= 11 is 0. The lowest BCUT2D eigenvalue weighted by Gasteiger charge is -2.27. The van der Waals surface area contributed by atoms with Crippen molar-refractivity contribution in [2.24, 2.45) is 0 Å². The number of hydrogen-bond donors (Lipinski definition) is 1. The predicted molar refractivity (Wildman–Crippen MR) is 161 cm³/mol. The Morgan fingerprint density at radius 3 is 2.20 bits per heavy atom. The zero-order valence-corrected chi connectivity index (χ0v) is 24.3. The highest BCUT2D eigenvalue weighted by molar-refractivity contribution is 6.43. The lowest BCUT2D eigenvalue weighted by Crippen LogP contribution is -2.36. The lowest BCUT2D eigenvalue weighted by atomic mass is 10.00. The summed E-state index contributed by atoms with van der Waals surface area (Å²) in [6.07, 6.45) is -0.244. The van der Waals surface area contributed by atoms with Gasteiger partial charge >= 0.3 is 12.2 Å². The van der Waals surface area contributed by atoms with Gasteiger partial charge in [0, 0.05) is 24.3 Å². The van der Waals surface area contributed by atoms with E-state index >= 15 is 0 Å². The van der Waals surface area contributed by atoms with Gasteiger partial charge in [0.25, 0.3) is 5.91 Å². The van der Waals surface area contributed by atoms with E-state index in [1.165, 1.54) is 0 Å². The van der Waals surface area contributed by atoms with Gasteiger partial charge in [0.05, 0.1) is 23.6 Å². The molecule has 1 aliphatic rings. The van der Waals surface area contributed by atoms with E-state index in [4.69, 9.17) is 9.47 Å². The monoisotopic (exact) mass is 555 g/mol. The molecule has 1 heterocycles. The number of nitrogens with one attached hydrogen (secondary N) is 1. The molecule has 1 N–H and O–H groups in total. The standard InChI is InChI=1S/C33H37N3O5/c1-6-21-35(31(38)41-33(3,4)5)22-23-17-19-25(20-18-23)34-29(24-13-9-8-10-14-24)28-26-15-11-12-16-27(26)36(30(28)37)32(39)40-7-2/h8-20,34H,6-7,21-22H2,1-5H3/b29-28-. The van der Waals surface area contributed by atoms with Crippen LogP contribution in [0.15, 0.2) is 78.9 Å². The molecule has 0 saturated carbocycles. The predicted octanol–water partition coefficient (Wildman–Crippen LogP) is 7.32. The molecule has 0 bridgehead atoms. The number of para-hydroxylation sites is 1. The molecule has 0 atom stereocenters. The number of fused-ring (bicyclic) bond motifs is 1. The summed E-state index contributed by atoms with van der Waals surface area (Å²) in [5.41, 5.74) is 3.98. The fraction of sp³-hybridized carbons (Fsp3) is 0.303. The molecule has 0 fully saturated rings.